The van der Waals surface area contributed by atoms with E-state index in [9.17, 15) is 4.39 Å². The molecule has 5 heterocycles. The molecule has 0 atom stereocenters. The molecule has 2 aromatic carbocycles. The zero-order valence-corrected chi connectivity index (χ0v) is 22.4. The van der Waals surface area contributed by atoms with E-state index in [1.165, 1.54) is 25.0 Å². The van der Waals surface area contributed by atoms with Crippen LogP contribution >= 0.6 is 0 Å². The molecule has 0 spiro atoms. The summed E-state index contributed by atoms with van der Waals surface area (Å²) in [5.41, 5.74) is 6.32. The third-order valence-corrected chi connectivity index (χ3v) is 7.75. The first kappa shape index (κ1) is 24.5. The first-order valence-electron chi connectivity index (χ1n) is 13.5. The first-order chi connectivity index (χ1) is 19.5. The van der Waals surface area contributed by atoms with Crippen molar-refractivity contribution in [2.45, 2.75) is 19.8 Å². The number of imidazole rings is 2. The summed E-state index contributed by atoms with van der Waals surface area (Å²) in [6.45, 7) is 5.54. The van der Waals surface area contributed by atoms with Crippen molar-refractivity contribution in [2.75, 3.05) is 26.2 Å². The number of aromatic amines is 2. The number of likely N-dealkylation sites (tertiary alicyclic amines) is 1. The highest BCUT2D eigenvalue weighted by atomic mass is 19.1. The van der Waals surface area contributed by atoms with Crippen LogP contribution in [-0.2, 0) is 7.05 Å². The van der Waals surface area contributed by atoms with E-state index < -0.39 is 0 Å². The Hall–Kier alpha value is -4.57. The molecule has 1 aliphatic rings. The zero-order valence-electron chi connectivity index (χ0n) is 22.4. The number of rotatable bonds is 7. The molecule has 0 amide bonds. The lowest BCUT2D eigenvalue weighted by Gasteiger charge is -2.15. The number of hydrogen-bond acceptors (Lipinski definition) is 6. The molecule has 9 nitrogen and oxygen atoms in total. The first-order valence-corrected chi connectivity index (χ1v) is 13.5. The monoisotopic (exact) mass is 536 g/mol. The van der Waals surface area contributed by atoms with Crippen LogP contribution in [0.15, 0.2) is 54.9 Å². The van der Waals surface area contributed by atoms with E-state index in [1.54, 1.807) is 6.20 Å². The average molecular weight is 537 g/mol. The molecule has 40 heavy (non-hydrogen) atoms. The lowest BCUT2D eigenvalue weighted by molar-refractivity contribution is 0.237. The Bertz CT molecular complexity index is 1850. The number of pyridine rings is 1. The van der Waals surface area contributed by atoms with E-state index in [4.69, 9.17) is 9.72 Å². The van der Waals surface area contributed by atoms with Gasteiger partial charge in [0, 0.05) is 42.4 Å². The molecule has 0 radical (unpaired) electrons. The molecule has 2 N–H and O–H groups in total. The summed E-state index contributed by atoms with van der Waals surface area (Å²) in [6.07, 6.45) is 6.03. The highest BCUT2D eigenvalue weighted by Gasteiger charge is 2.18. The number of hydrogen-bond donors (Lipinski definition) is 2. The van der Waals surface area contributed by atoms with Crippen molar-refractivity contribution in [3.8, 4) is 39.7 Å². The van der Waals surface area contributed by atoms with Crippen LogP contribution in [0.5, 0.6) is 5.75 Å². The van der Waals surface area contributed by atoms with E-state index in [0.717, 1.165) is 53.2 Å². The van der Waals surface area contributed by atoms with Crippen molar-refractivity contribution in [3.63, 3.8) is 0 Å². The van der Waals surface area contributed by atoms with Gasteiger partial charge in [-0.05, 0) is 68.8 Å². The molecule has 10 heteroatoms. The maximum absolute atomic E-state index is 14.7. The van der Waals surface area contributed by atoms with Crippen LogP contribution in [0.25, 0.3) is 56.0 Å². The third kappa shape index (κ3) is 4.40. The van der Waals surface area contributed by atoms with E-state index in [-0.39, 0.29) is 5.82 Å². The Morgan fingerprint density at radius 2 is 1.90 bits per heavy atom. The minimum absolute atomic E-state index is 0.356. The third-order valence-electron chi connectivity index (χ3n) is 7.75. The van der Waals surface area contributed by atoms with Gasteiger partial charge in [-0.2, -0.15) is 5.10 Å². The number of nitrogens with zero attached hydrogens (tertiary/aromatic N) is 6. The fourth-order valence-electron chi connectivity index (χ4n) is 5.48. The molecule has 6 aromatic rings. The highest BCUT2D eigenvalue weighted by Crippen LogP contribution is 2.34. The Labute approximate surface area is 230 Å². The maximum atomic E-state index is 14.7. The smallest absolute Gasteiger partial charge is 0.160 e. The zero-order chi connectivity index (χ0) is 27.2. The Morgan fingerprint density at radius 3 is 2.73 bits per heavy atom. The van der Waals surface area contributed by atoms with Crippen LogP contribution in [0.2, 0.25) is 0 Å². The fourth-order valence-corrected chi connectivity index (χ4v) is 5.48. The largest absolute Gasteiger partial charge is 0.492 e. The number of halogens is 1. The summed E-state index contributed by atoms with van der Waals surface area (Å²) in [4.78, 5) is 19.5. The van der Waals surface area contributed by atoms with E-state index >= 15 is 0 Å². The summed E-state index contributed by atoms with van der Waals surface area (Å²) < 4.78 is 22.7. The number of nitrogens with one attached hydrogen (secondary N) is 2. The molecular formula is C30H29FN8O. The quantitative estimate of drug-likeness (QED) is 0.280. The predicted molar refractivity (Wildman–Crippen MR) is 152 cm³/mol. The van der Waals surface area contributed by atoms with Crippen LogP contribution in [0.4, 0.5) is 4.39 Å². The lowest BCUT2D eigenvalue weighted by atomic mass is 10.1. The number of benzene rings is 2. The van der Waals surface area contributed by atoms with E-state index in [0.29, 0.717) is 40.6 Å². The molecule has 1 aliphatic heterocycles. The molecule has 4 aromatic heterocycles. The van der Waals surface area contributed by atoms with Gasteiger partial charge in [-0.15, -0.1) is 0 Å². The summed E-state index contributed by atoms with van der Waals surface area (Å²) in [7, 11) is 2.00. The van der Waals surface area contributed by atoms with Gasteiger partial charge in [-0.1, -0.05) is 6.07 Å². The van der Waals surface area contributed by atoms with Crippen molar-refractivity contribution in [1.82, 2.24) is 39.6 Å². The van der Waals surface area contributed by atoms with Gasteiger partial charge in [0.2, 0.25) is 0 Å². The van der Waals surface area contributed by atoms with E-state index in [2.05, 4.69) is 40.7 Å². The minimum atomic E-state index is -0.356. The SMILES string of the molecule is Cc1ncc(-c2ccc3[nH]nc(-c4nc5c(-c6cc(F)cc(OCCN7CCCC7)c6)ccnc5[nH]4)c3c2)n1C. The van der Waals surface area contributed by atoms with Crippen LogP contribution < -0.4 is 4.74 Å². The van der Waals surface area contributed by atoms with Crippen LogP contribution in [0, 0.1) is 12.7 Å². The molecule has 0 bridgehead atoms. The number of H-pyrrole nitrogens is 2. The summed E-state index contributed by atoms with van der Waals surface area (Å²) in [5, 5.41) is 8.60. The molecular weight excluding hydrogens is 507 g/mol. The van der Waals surface area contributed by atoms with Gasteiger partial charge >= 0.3 is 0 Å². The van der Waals surface area contributed by atoms with Crippen molar-refractivity contribution < 1.29 is 9.13 Å². The minimum Gasteiger partial charge on any atom is -0.492 e. The van der Waals surface area contributed by atoms with Crippen molar-refractivity contribution >= 4 is 22.1 Å². The Kier molecular flexibility index (Phi) is 6.04. The normalized spacial score (nSPS) is 14.1. The second kappa shape index (κ2) is 9.87. The second-order valence-electron chi connectivity index (χ2n) is 10.3. The average Bonchev–Trinajstić information content (AvgIpc) is 3.75. The van der Waals surface area contributed by atoms with Gasteiger partial charge in [-0.25, -0.2) is 19.3 Å². The summed E-state index contributed by atoms with van der Waals surface area (Å²) in [5.74, 6) is 1.67. The molecule has 7 rings (SSSR count). The number of aromatic nitrogens is 7. The van der Waals surface area contributed by atoms with Crippen molar-refractivity contribution in [3.05, 3.63) is 66.5 Å². The topological polar surface area (TPSA) is 101 Å². The molecule has 202 valence electrons. The molecule has 0 saturated carbocycles. The molecule has 1 fully saturated rings. The molecule has 1 saturated heterocycles. The predicted octanol–water partition coefficient (Wildman–Crippen LogP) is 5.49. The van der Waals surface area contributed by atoms with Crippen molar-refractivity contribution in [1.29, 1.82) is 0 Å². The second-order valence-corrected chi connectivity index (χ2v) is 10.3. The van der Waals surface area contributed by atoms with Gasteiger partial charge in [0.15, 0.2) is 11.5 Å². The molecule has 0 aliphatic carbocycles. The standard InChI is InChI=1S/C30H29FN8O/c1-18-33-17-26(38(18)2)19-5-6-25-24(15-19)28(37-36-25)30-34-27-23(7-8-32-29(27)35-30)20-13-21(31)16-22(14-20)40-12-11-39-9-3-4-10-39/h5-8,13-17H,3-4,9-12H2,1-2H3,(H,36,37)(H,32,34,35). The summed E-state index contributed by atoms with van der Waals surface area (Å²) in [6, 6.07) is 12.8. The van der Waals surface area contributed by atoms with Gasteiger partial charge in [-0.3, -0.25) is 10.00 Å². The maximum Gasteiger partial charge on any atom is 0.160 e. The van der Waals surface area contributed by atoms with Gasteiger partial charge < -0.3 is 14.3 Å². The van der Waals surface area contributed by atoms with Gasteiger partial charge in [0.1, 0.15) is 35.2 Å². The molecule has 0 unspecified atom stereocenters. The van der Waals surface area contributed by atoms with Gasteiger partial charge in [0.05, 0.1) is 17.4 Å². The highest BCUT2D eigenvalue weighted by molar-refractivity contribution is 5.97. The lowest BCUT2D eigenvalue weighted by Crippen LogP contribution is -2.25. The van der Waals surface area contributed by atoms with E-state index in [1.807, 2.05) is 44.4 Å². The number of ether oxygens (including phenoxy) is 1. The Morgan fingerprint density at radius 1 is 1.02 bits per heavy atom. The van der Waals surface area contributed by atoms with Crippen molar-refractivity contribution in [2.24, 2.45) is 7.05 Å². The van der Waals surface area contributed by atoms with Crippen LogP contribution in [0.3, 0.4) is 0 Å². The number of fused-ring (bicyclic) bond motifs is 2. The summed E-state index contributed by atoms with van der Waals surface area (Å²) >= 11 is 0. The Balaban J connectivity index is 1.23. The van der Waals surface area contributed by atoms with Gasteiger partial charge in [0.25, 0.3) is 0 Å². The number of aryl methyl sites for hydroxylation is 1. The van der Waals surface area contributed by atoms with Crippen LogP contribution in [0.1, 0.15) is 18.7 Å². The fraction of sp³-hybridized carbons (Fsp3) is 0.267. The van der Waals surface area contributed by atoms with Crippen LogP contribution in [-0.4, -0.2) is 65.8 Å².